The zero-order valence-electron chi connectivity index (χ0n) is 10.8. The largest absolute Gasteiger partial charge is 0.243 e. The zero-order chi connectivity index (χ0) is 14.8. The highest BCUT2D eigenvalue weighted by Gasteiger charge is 2.21. The minimum Gasteiger partial charge on any atom is -0.207 e. The lowest BCUT2D eigenvalue weighted by Gasteiger charge is -2.18. The monoisotopic (exact) mass is 373 g/mol. The van der Waals surface area contributed by atoms with Crippen LogP contribution in [0.25, 0.3) is 0 Å². The molecule has 0 saturated heterocycles. The van der Waals surface area contributed by atoms with Gasteiger partial charge in [-0.3, -0.25) is 0 Å². The summed E-state index contributed by atoms with van der Waals surface area (Å²) in [5.41, 5.74) is 0.773. The molecule has 0 bridgehead atoms. The highest BCUT2D eigenvalue weighted by atomic mass is 79.9. The Hall–Kier alpha value is -0.880. The van der Waals surface area contributed by atoms with Gasteiger partial charge >= 0.3 is 0 Å². The summed E-state index contributed by atoms with van der Waals surface area (Å²) in [6.45, 7) is 0.231. The smallest absolute Gasteiger partial charge is 0.207 e. The third kappa shape index (κ3) is 3.41. The summed E-state index contributed by atoms with van der Waals surface area (Å²) in [6.07, 6.45) is 0. The Bertz CT molecular complexity index is 719. The molecule has 0 unspecified atom stereocenters. The van der Waals surface area contributed by atoms with Crippen LogP contribution in [0.15, 0.2) is 57.9 Å². The molecule has 0 atom stereocenters. The van der Waals surface area contributed by atoms with Crippen molar-refractivity contribution in [2.75, 3.05) is 7.05 Å². The lowest BCUT2D eigenvalue weighted by Crippen LogP contribution is -2.26. The fourth-order valence-electron chi connectivity index (χ4n) is 1.76. The highest BCUT2D eigenvalue weighted by Crippen LogP contribution is 2.22. The average Bonchev–Trinajstić information content (AvgIpc) is 2.41. The van der Waals surface area contributed by atoms with E-state index in [1.807, 2.05) is 18.2 Å². The molecule has 0 N–H and O–H groups in total. The van der Waals surface area contributed by atoms with E-state index in [1.165, 1.54) is 4.31 Å². The molecule has 0 heterocycles. The second-order valence-electron chi connectivity index (χ2n) is 4.31. The van der Waals surface area contributed by atoms with E-state index < -0.39 is 10.0 Å². The summed E-state index contributed by atoms with van der Waals surface area (Å²) >= 11 is 9.34. The summed E-state index contributed by atoms with van der Waals surface area (Å²) in [6, 6.07) is 13.8. The average molecular weight is 375 g/mol. The molecule has 3 nitrogen and oxygen atoms in total. The lowest BCUT2D eigenvalue weighted by molar-refractivity contribution is 0.467. The molecule has 6 heteroatoms. The van der Waals surface area contributed by atoms with Crippen molar-refractivity contribution >= 4 is 37.6 Å². The van der Waals surface area contributed by atoms with E-state index in [2.05, 4.69) is 15.9 Å². The predicted octanol–water partition coefficient (Wildman–Crippen LogP) is 3.92. The first-order valence-corrected chi connectivity index (χ1v) is 8.47. The molecule has 2 rings (SSSR count). The van der Waals surface area contributed by atoms with Crippen LogP contribution in [-0.2, 0) is 16.6 Å². The summed E-state index contributed by atoms with van der Waals surface area (Å²) in [7, 11) is -1.99. The van der Waals surface area contributed by atoms with Gasteiger partial charge in [0, 0.05) is 23.1 Å². The first-order valence-electron chi connectivity index (χ1n) is 5.86. The van der Waals surface area contributed by atoms with Gasteiger partial charge in [0.25, 0.3) is 0 Å². The molecule has 0 aliphatic carbocycles. The molecule has 0 radical (unpaired) electrons. The van der Waals surface area contributed by atoms with Gasteiger partial charge in [-0.1, -0.05) is 51.8 Å². The first kappa shape index (κ1) is 15.5. The minimum atomic E-state index is -3.53. The van der Waals surface area contributed by atoms with Gasteiger partial charge < -0.3 is 0 Å². The fraction of sp³-hybridized carbons (Fsp3) is 0.143. The van der Waals surface area contributed by atoms with E-state index in [1.54, 1.807) is 37.4 Å². The summed E-state index contributed by atoms with van der Waals surface area (Å²) in [5, 5.41) is 0.559. The van der Waals surface area contributed by atoms with Crippen LogP contribution in [0.2, 0.25) is 5.02 Å². The van der Waals surface area contributed by atoms with Crippen molar-refractivity contribution in [2.24, 2.45) is 0 Å². The van der Waals surface area contributed by atoms with Crippen molar-refractivity contribution < 1.29 is 8.42 Å². The third-order valence-electron chi connectivity index (χ3n) is 2.86. The number of benzene rings is 2. The van der Waals surface area contributed by atoms with E-state index in [9.17, 15) is 8.42 Å². The lowest BCUT2D eigenvalue weighted by atomic mass is 10.2. The van der Waals surface area contributed by atoms with Gasteiger partial charge in [0.15, 0.2) is 0 Å². The van der Waals surface area contributed by atoms with E-state index in [0.29, 0.717) is 5.02 Å². The van der Waals surface area contributed by atoms with Gasteiger partial charge in [-0.15, -0.1) is 0 Å². The van der Waals surface area contributed by atoms with Gasteiger partial charge in [0.2, 0.25) is 10.0 Å². The molecule has 0 aliphatic rings. The fourth-order valence-corrected chi connectivity index (χ4v) is 3.70. The van der Waals surface area contributed by atoms with Crippen molar-refractivity contribution in [3.05, 3.63) is 63.6 Å². The number of hydrogen-bond acceptors (Lipinski definition) is 2. The van der Waals surface area contributed by atoms with Gasteiger partial charge in [0.05, 0.1) is 4.90 Å². The van der Waals surface area contributed by atoms with Crippen LogP contribution in [0.4, 0.5) is 0 Å². The second kappa shape index (κ2) is 6.26. The first-order chi connectivity index (χ1) is 9.41. The SMILES string of the molecule is CN(Cc1ccccc1Cl)S(=O)(=O)c1cccc(Br)c1. The zero-order valence-corrected chi connectivity index (χ0v) is 13.9. The maximum absolute atomic E-state index is 12.5. The van der Waals surface area contributed by atoms with E-state index in [0.717, 1.165) is 10.0 Å². The normalized spacial score (nSPS) is 11.8. The maximum atomic E-state index is 12.5. The van der Waals surface area contributed by atoms with Crippen LogP contribution in [0.1, 0.15) is 5.56 Å². The van der Waals surface area contributed by atoms with Crippen LogP contribution in [0.3, 0.4) is 0 Å². The van der Waals surface area contributed by atoms with Crippen LogP contribution >= 0.6 is 27.5 Å². The highest BCUT2D eigenvalue weighted by molar-refractivity contribution is 9.10. The van der Waals surface area contributed by atoms with Gasteiger partial charge in [-0.05, 0) is 29.8 Å². The Morgan fingerprint density at radius 3 is 2.50 bits per heavy atom. The van der Waals surface area contributed by atoms with Gasteiger partial charge in [-0.25, -0.2) is 8.42 Å². The van der Waals surface area contributed by atoms with Crippen molar-refractivity contribution in [3.63, 3.8) is 0 Å². The Morgan fingerprint density at radius 1 is 1.15 bits per heavy atom. The summed E-state index contributed by atoms with van der Waals surface area (Å²) in [5.74, 6) is 0. The van der Waals surface area contributed by atoms with E-state index in [4.69, 9.17) is 11.6 Å². The second-order valence-corrected chi connectivity index (χ2v) is 7.68. The predicted molar refractivity (Wildman–Crippen MR) is 84.2 cm³/mol. The molecule has 20 heavy (non-hydrogen) atoms. The number of rotatable bonds is 4. The third-order valence-corrected chi connectivity index (χ3v) is 5.52. The van der Waals surface area contributed by atoms with Gasteiger partial charge in [0.1, 0.15) is 0 Å². The number of nitrogens with zero attached hydrogens (tertiary/aromatic N) is 1. The Balaban J connectivity index is 2.29. The van der Waals surface area contributed by atoms with Crippen LogP contribution in [0, 0.1) is 0 Å². The Morgan fingerprint density at radius 2 is 1.85 bits per heavy atom. The van der Waals surface area contributed by atoms with Crippen molar-refractivity contribution in [1.82, 2.24) is 4.31 Å². The standard InChI is InChI=1S/C14H13BrClNO2S/c1-17(10-11-5-2-3-8-14(11)16)20(18,19)13-7-4-6-12(15)9-13/h2-9H,10H2,1H3. The molecule has 0 fully saturated rings. The molecule has 2 aromatic rings. The Kier molecular flexibility index (Phi) is 4.86. The number of sulfonamides is 1. The molecular weight excluding hydrogens is 362 g/mol. The molecular formula is C14H13BrClNO2S. The minimum absolute atomic E-state index is 0.231. The molecule has 0 amide bonds. The van der Waals surface area contributed by atoms with Crippen LogP contribution in [-0.4, -0.2) is 19.8 Å². The molecule has 0 aliphatic heterocycles. The van der Waals surface area contributed by atoms with Crippen molar-refractivity contribution in [3.8, 4) is 0 Å². The topological polar surface area (TPSA) is 37.4 Å². The Labute approximate surface area is 132 Å². The van der Waals surface area contributed by atoms with E-state index in [-0.39, 0.29) is 11.4 Å². The maximum Gasteiger partial charge on any atom is 0.243 e. The number of halogens is 2. The molecule has 106 valence electrons. The molecule has 2 aromatic carbocycles. The van der Waals surface area contributed by atoms with Crippen LogP contribution < -0.4 is 0 Å². The van der Waals surface area contributed by atoms with E-state index >= 15 is 0 Å². The summed E-state index contributed by atoms with van der Waals surface area (Å²) in [4.78, 5) is 0.251. The summed E-state index contributed by atoms with van der Waals surface area (Å²) < 4.78 is 26.9. The molecule has 0 spiro atoms. The molecule has 0 saturated carbocycles. The van der Waals surface area contributed by atoms with Crippen molar-refractivity contribution in [1.29, 1.82) is 0 Å². The van der Waals surface area contributed by atoms with Crippen molar-refractivity contribution in [2.45, 2.75) is 11.4 Å². The van der Waals surface area contributed by atoms with Crippen LogP contribution in [0.5, 0.6) is 0 Å². The quantitative estimate of drug-likeness (QED) is 0.813. The van der Waals surface area contributed by atoms with Gasteiger partial charge in [-0.2, -0.15) is 4.31 Å². The number of hydrogen-bond donors (Lipinski definition) is 0. The molecule has 0 aromatic heterocycles.